The maximum Gasteiger partial charge on any atom is 0.133 e. The smallest absolute Gasteiger partial charge is 0.133 e. The third kappa shape index (κ3) is 3.64. The second-order valence-corrected chi connectivity index (χ2v) is 5.86. The van der Waals surface area contributed by atoms with Crippen LogP contribution in [0.15, 0.2) is 102 Å². The van der Waals surface area contributed by atoms with Crippen molar-refractivity contribution in [3.63, 3.8) is 0 Å². The van der Waals surface area contributed by atoms with Gasteiger partial charge in [-0.05, 0) is 41.0 Å². The number of benzene rings is 3. The standard InChI is InChI=1S/C23H18O2/c1-2-6-18(7-3-1)17-25-22-9-4-8-21(16-22)19-11-13-20(14-12-19)23-10-5-15-24-23/h1-16H,17H2. The molecule has 0 saturated carbocycles. The molecule has 3 aromatic carbocycles. The predicted octanol–water partition coefficient (Wildman–Crippen LogP) is 6.19. The highest BCUT2D eigenvalue weighted by atomic mass is 16.5. The van der Waals surface area contributed by atoms with Crippen LogP contribution in [0.5, 0.6) is 5.75 Å². The molecule has 2 heteroatoms. The van der Waals surface area contributed by atoms with Gasteiger partial charge in [-0.25, -0.2) is 0 Å². The highest BCUT2D eigenvalue weighted by molar-refractivity contribution is 5.69. The third-order valence-corrected chi connectivity index (χ3v) is 4.11. The van der Waals surface area contributed by atoms with Crippen molar-refractivity contribution in [2.24, 2.45) is 0 Å². The van der Waals surface area contributed by atoms with E-state index in [1.165, 1.54) is 0 Å². The van der Waals surface area contributed by atoms with Gasteiger partial charge < -0.3 is 9.15 Å². The summed E-state index contributed by atoms with van der Waals surface area (Å²) in [5.74, 6) is 1.75. The largest absolute Gasteiger partial charge is 0.489 e. The van der Waals surface area contributed by atoms with Crippen molar-refractivity contribution >= 4 is 0 Å². The van der Waals surface area contributed by atoms with E-state index in [1.54, 1.807) is 6.26 Å². The molecule has 122 valence electrons. The molecule has 1 heterocycles. The Balaban J connectivity index is 1.51. The predicted molar refractivity (Wildman–Crippen MR) is 100 cm³/mol. The molecular weight excluding hydrogens is 308 g/mol. The summed E-state index contributed by atoms with van der Waals surface area (Å²) in [5, 5.41) is 0. The Kier molecular flexibility index (Phi) is 4.34. The van der Waals surface area contributed by atoms with Crippen molar-refractivity contribution in [1.29, 1.82) is 0 Å². The molecule has 0 N–H and O–H groups in total. The molecule has 0 radical (unpaired) electrons. The minimum absolute atomic E-state index is 0.571. The Bertz CT molecular complexity index is 924. The van der Waals surface area contributed by atoms with Crippen LogP contribution in [0, 0.1) is 0 Å². The average molecular weight is 326 g/mol. The van der Waals surface area contributed by atoms with Crippen LogP contribution in [0.4, 0.5) is 0 Å². The molecule has 1 aromatic heterocycles. The minimum atomic E-state index is 0.571. The van der Waals surface area contributed by atoms with Crippen LogP contribution in [-0.2, 0) is 6.61 Å². The van der Waals surface area contributed by atoms with Crippen LogP contribution >= 0.6 is 0 Å². The molecule has 2 nitrogen and oxygen atoms in total. The van der Waals surface area contributed by atoms with Crippen molar-refractivity contribution < 1.29 is 9.15 Å². The summed E-state index contributed by atoms with van der Waals surface area (Å²) in [6.45, 7) is 0.571. The highest BCUT2D eigenvalue weighted by Crippen LogP contribution is 2.27. The van der Waals surface area contributed by atoms with Crippen LogP contribution < -0.4 is 4.74 Å². The van der Waals surface area contributed by atoms with Crippen LogP contribution in [-0.4, -0.2) is 0 Å². The summed E-state index contributed by atoms with van der Waals surface area (Å²) in [7, 11) is 0. The Morgan fingerprint density at radius 2 is 1.44 bits per heavy atom. The van der Waals surface area contributed by atoms with Gasteiger partial charge in [0, 0.05) is 5.56 Å². The molecule has 25 heavy (non-hydrogen) atoms. The topological polar surface area (TPSA) is 22.4 Å². The SMILES string of the molecule is c1ccc(COc2cccc(-c3ccc(-c4ccco4)cc3)c2)cc1. The first-order valence-electron chi connectivity index (χ1n) is 8.29. The summed E-state index contributed by atoms with van der Waals surface area (Å²) in [4.78, 5) is 0. The second kappa shape index (κ2) is 7.10. The third-order valence-electron chi connectivity index (χ3n) is 4.11. The van der Waals surface area contributed by atoms with Crippen molar-refractivity contribution in [3.8, 4) is 28.2 Å². The van der Waals surface area contributed by atoms with E-state index in [0.29, 0.717) is 6.61 Å². The molecule has 4 aromatic rings. The normalized spacial score (nSPS) is 10.6. The number of hydrogen-bond acceptors (Lipinski definition) is 2. The van der Waals surface area contributed by atoms with Gasteiger partial charge >= 0.3 is 0 Å². The first-order chi connectivity index (χ1) is 12.4. The molecule has 0 fully saturated rings. The highest BCUT2D eigenvalue weighted by Gasteiger charge is 2.04. The molecule has 0 aliphatic heterocycles. The molecule has 0 saturated heterocycles. The van der Waals surface area contributed by atoms with Gasteiger partial charge in [-0.15, -0.1) is 0 Å². The van der Waals surface area contributed by atoms with E-state index in [0.717, 1.165) is 33.8 Å². The molecule has 0 atom stereocenters. The van der Waals surface area contributed by atoms with Crippen molar-refractivity contribution in [2.45, 2.75) is 6.61 Å². The van der Waals surface area contributed by atoms with Gasteiger partial charge in [-0.1, -0.05) is 66.7 Å². The van der Waals surface area contributed by atoms with E-state index in [9.17, 15) is 0 Å². The first kappa shape index (κ1) is 15.3. The second-order valence-electron chi connectivity index (χ2n) is 5.86. The summed E-state index contributed by atoms with van der Waals surface area (Å²) in [6.07, 6.45) is 1.69. The summed E-state index contributed by atoms with van der Waals surface area (Å²) >= 11 is 0. The monoisotopic (exact) mass is 326 g/mol. The van der Waals surface area contributed by atoms with Gasteiger partial charge in [0.1, 0.15) is 18.1 Å². The lowest BCUT2D eigenvalue weighted by atomic mass is 10.0. The van der Waals surface area contributed by atoms with Gasteiger partial charge in [0.15, 0.2) is 0 Å². The Hall–Kier alpha value is -3.26. The molecule has 0 amide bonds. The van der Waals surface area contributed by atoms with Gasteiger partial charge in [-0.2, -0.15) is 0 Å². The fourth-order valence-corrected chi connectivity index (χ4v) is 2.78. The van der Waals surface area contributed by atoms with E-state index < -0.39 is 0 Å². The number of hydrogen-bond donors (Lipinski definition) is 0. The maximum absolute atomic E-state index is 5.92. The maximum atomic E-state index is 5.92. The molecule has 0 aliphatic carbocycles. The zero-order valence-corrected chi connectivity index (χ0v) is 13.8. The van der Waals surface area contributed by atoms with Gasteiger partial charge in [0.25, 0.3) is 0 Å². The Morgan fingerprint density at radius 3 is 2.20 bits per heavy atom. The lowest BCUT2D eigenvalue weighted by molar-refractivity contribution is 0.306. The van der Waals surface area contributed by atoms with E-state index in [4.69, 9.17) is 9.15 Å². The van der Waals surface area contributed by atoms with E-state index in [2.05, 4.69) is 48.5 Å². The fraction of sp³-hybridized carbons (Fsp3) is 0.0435. The number of furan rings is 1. The Labute approximate surface area is 147 Å². The molecule has 0 aliphatic rings. The number of ether oxygens (including phenoxy) is 1. The Morgan fingerprint density at radius 1 is 0.640 bits per heavy atom. The molecule has 4 rings (SSSR count). The van der Waals surface area contributed by atoms with Crippen LogP contribution in [0.1, 0.15) is 5.56 Å². The zero-order chi connectivity index (χ0) is 16.9. The average Bonchev–Trinajstić information content (AvgIpc) is 3.22. The lowest BCUT2D eigenvalue weighted by Crippen LogP contribution is -1.94. The van der Waals surface area contributed by atoms with Crippen molar-refractivity contribution in [2.75, 3.05) is 0 Å². The molecular formula is C23H18O2. The molecule has 0 spiro atoms. The van der Waals surface area contributed by atoms with Crippen LogP contribution in [0.2, 0.25) is 0 Å². The van der Waals surface area contributed by atoms with Crippen LogP contribution in [0.3, 0.4) is 0 Å². The quantitative estimate of drug-likeness (QED) is 0.436. The minimum Gasteiger partial charge on any atom is -0.489 e. The van der Waals surface area contributed by atoms with E-state index >= 15 is 0 Å². The van der Waals surface area contributed by atoms with Gasteiger partial charge in [-0.3, -0.25) is 0 Å². The fourth-order valence-electron chi connectivity index (χ4n) is 2.78. The van der Waals surface area contributed by atoms with E-state index in [-0.39, 0.29) is 0 Å². The lowest BCUT2D eigenvalue weighted by Gasteiger charge is -2.09. The van der Waals surface area contributed by atoms with Crippen molar-refractivity contribution in [1.82, 2.24) is 0 Å². The molecule has 0 bridgehead atoms. The van der Waals surface area contributed by atoms with Gasteiger partial charge in [0.2, 0.25) is 0 Å². The summed E-state index contributed by atoms with van der Waals surface area (Å²) < 4.78 is 11.4. The summed E-state index contributed by atoms with van der Waals surface area (Å²) in [5.41, 5.74) is 4.53. The molecule has 0 unspecified atom stereocenters. The van der Waals surface area contributed by atoms with Crippen LogP contribution in [0.25, 0.3) is 22.5 Å². The van der Waals surface area contributed by atoms with Gasteiger partial charge in [0.05, 0.1) is 6.26 Å². The summed E-state index contributed by atoms with van der Waals surface area (Å²) in [6, 6.07) is 30.6. The number of rotatable bonds is 5. The first-order valence-corrected chi connectivity index (χ1v) is 8.29. The van der Waals surface area contributed by atoms with E-state index in [1.807, 2.05) is 42.5 Å². The zero-order valence-electron chi connectivity index (χ0n) is 13.8. The van der Waals surface area contributed by atoms with Crippen molar-refractivity contribution in [3.05, 3.63) is 103 Å².